The molecule has 0 atom stereocenters. The molecule has 0 aromatic heterocycles. The van der Waals surface area contributed by atoms with Crippen molar-refractivity contribution in [2.24, 2.45) is 4.99 Å². The van der Waals surface area contributed by atoms with E-state index in [0.717, 1.165) is 0 Å². The fourth-order valence-electron chi connectivity index (χ4n) is 1.76. The largest absolute Gasteiger partial charge is 0.480 e. The first-order valence-corrected chi connectivity index (χ1v) is 7.33. The minimum atomic E-state index is -1.11. The standard InChI is InChI=1S/C16H11Cl2NO5/c17-12-6-10(2-3-11(12)16(22)23)19-7-9-1-4-14(13(18)5-9)24-8-15(20)21/h1-7H,8H2,(H,20,21)(H,22,23). The van der Waals surface area contributed by atoms with Gasteiger partial charge in [0.1, 0.15) is 5.75 Å². The Morgan fingerprint density at radius 3 is 2.42 bits per heavy atom. The molecule has 0 amide bonds. The number of carboxylic acid groups (broad SMARTS) is 2. The smallest absolute Gasteiger partial charge is 0.341 e. The van der Waals surface area contributed by atoms with E-state index < -0.39 is 18.5 Å². The zero-order valence-corrected chi connectivity index (χ0v) is 13.6. The molecule has 0 bridgehead atoms. The normalized spacial score (nSPS) is 10.8. The third-order valence-electron chi connectivity index (χ3n) is 2.85. The highest BCUT2D eigenvalue weighted by Crippen LogP contribution is 2.26. The number of aliphatic imine (C=N–C) groups is 1. The van der Waals surface area contributed by atoms with Crippen molar-refractivity contribution in [2.75, 3.05) is 6.61 Å². The number of hydrogen-bond acceptors (Lipinski definition) is 4. The van der Waals surface area contributed by atoms with Gasteiger partial charge in [0, 0.05) is 6.21 Å². The number of benzene rings is 2. The molecular formula is C16H11Cl2NO5. The second-order valence-corrected chi connectivity index (χ2v) is 5.41. The molecule has 0 saturated carbocycles. The van der Waals surface area contributed by atoms with Crippen molar-refractivity contribution in [1.29, 1.82) is 0 Å². The molecule has 124 valence electrons. The third-order valence-corrected chi connectivity index (χ3v) is 3.46. The molecule has 0 spiro atoms. The summed E-state index contributed by atoms with van der Waals surface area (Å²) in [4.78, 5) is 25.5. The SMILES string of the molecule is O=C(O)COc1ccc(C=Nc2ccc(C(=O)O)c(Cl)c2)cc1Cl. The van der Waals surface area contributed by atoms with Gasteiger partial charge in [0.2, 0.25) is 0 Å². The van der Waals surface area contributed by atoms with Crippen molar-refractivity contribution in [2.45, 2.75) is 0 Å². The van der Waals surface area contributed by atoms with Crippen LogP contribution in [-0.4, -0.2) is 35.0 Å². The topological polar surface area (TPSA) is 96.2 Å². The fraction of sp³-hybridized carbons (Fsp3) is 0.0625. The van der Waals surface area contributed by atoms with Gasteiger partial charge in [0.05, 0.1) is 21.3 Å². The van der Waals surface area contributed by atoms with Crippen LogP contribution >= 0.6 is 23.2 Å². The number of carboxylic acids is 2. The van der Waals surface area contributed by atoms with Crippen LogP contribution in [0.15, 0.2) is 41.4 Å². The van der Waals surface area contributed by atoms with Crippen LogP contribution in [-0.2, 0) is 4.79 Å². The molecule has 0 radical (unpaired) electrons. The summed E-state index contributed by atoms with van der Waals surface area (Å²) in [7, 11) is 0. The Morgan fingerprint density at radius 2 is 1.83 bits per heavy atom. The lowest BCUT2D eigenvalue weighted by Gasteiger charge is -2.06. The summed E-state index contributed by atoms with van der Waals surface area (Å²) in [6.45, 7) is -0.485. The van der Waals surface area contributed by atoms with Crippen molar-refractivity contribution in [1.82, 2.24) is 0 Å². The molecule has 0 unspecified atom stereocenters. The lowest BCUT2D eigenvalue weighted by molar-refractivity contribution is -0.139. The summed E-state index contributed by atoms with van der Waals surface area (Å²) in [5, 5.41) is 17.8. The molecule has 24 heavy (non-hydrogen) atoms. The van der Waals surface area contributed by atoms with Gasteiger partial charge < -0.3 is 14.9 Å². The number of carbonyl (C=O) groups is 2. The summed E-state index contributed by atoms with van der Waals surface area (Å²) in [6, 6.07) is 9.08. The quantitative estimate of drug-likeness (QED) is 0.754. The second kappa shape index (κ2) is 7.81. The maximum atomic E-state index is 10.9. The lowest BCUT2D eigenvalue weighted by atomic mass is 10.2. The van der Waals surface area contributed by atoms with Crippen molar-refractivity contribution in [3.63, 3.8) is 0 Å². The minimum Gasteiger partial charge on any atom is -0.480 e. The number of nitrogens with zero attached hydrogens (tertiary/aromatic N) is 1. The summed E-state index contributed by atoms with van der Waals surface area (Å²) in [6.07, 6.45) is 1.51. The molecule has 0 aliphatic heterocycles. The second-order valence-electron chi connectivity index (χ2n) is 4.60. The van der Waals surface area contributed by atoms with Crippen LogP contribution in [0.2, 0.25) is 10.0 Å². The van der Waals surface area contributed by atoms with Crippen molar-refractivity contribution < 1.29 is 24.5 Å². The molecular weight excluding hydrogens is 357 g/mol. The van der Waals surface area contributed by atoms with E-state index in [1.54, 1.807) is 12.1 Å². The van der Waals surface area contributed by atoms with Crippen LogP contribution < -0.4 is 4.74 Å². The number of ether oxygens (including phenoxy) is 1. The molecule has 0 saturated heterocycles. The predicted octanol–water partition coefficient (Wildman–Crippen LogP) is 3.91. The van der Waals surface area contributed by atoms with E-state index in [1.165, 1.54) is 30.5 Å². The Labute approximate surface area is 146 Å². The Bertz CT molecular complexity index is 820. The molecule has 0 aliphatic rings. The highest BCUT2D eigenvalue weighted by molar-refractivity contribution is 6.33. The predicted molar refractivity (Wildman–Crippen MR) is 90.2 cm³/mol. The average Bonchev–Trinajstić information content (AvgIpc) is 2.51. The van der Waals surface area contributed by atoms with E-state index in [-0.39, 0.29) is 21.4 Å². The zero-order chi connectivity index (χ0) is 17.7. The van der Waals surface area contributed by atoms with Gasteiger partial charge in [-0.05, 0) is 42.0 Å². The van der Waals surface area contributed by atoms with Crippen LogP contribution in [0.4, 0.5) is 5.69 Å². The van der Waals surface area contributed by atoms with Crippen LogP contribution in [0.5, 0.6) is 5.75 Å². The number of aromatic carboxylic acids is 1. The van der Waals surface area contributed by atoms with Gasteiger partial charge in [0.15, 0.2) is 6.61 Å². The lowest BCUT2D eigenvalue weighted by Crippen LogP contribution is -2.09. The van der Waals surface area contributed by atoms with E-state index in [4.69, 9.17) is 38.2 Å². The maximum absolute atomic E-state index is 10.9. The zero-order valence-electron chi connectivity index (χ0n) is 12.1. The van der Waals surface area contributed by atoms with Gasteiger partial charge in [-0.25, -0.2) is 9.59 Å². The van der Waals surface area contributed by atoms with Crippen LogP contribution in [0.1, 0.15) is 15.9 Å². The molecule has 2 N–H and O–H groups in total. The van der Waals surface area contributed by atoms with E-state index in [1.807, 2.05) is 0 Å². The Hall–Kier alpha value is -2.57. The first-order chi connectivity index (χ1) is 11.4. The summed E-state index contributed by atoms with van der Waals surface area (Å²) in [5.74, 6) is -1.96. The van der Waals surface area contributed by atoms with E-state index in [2.05, 4.69) is 4.99 Å². The summed E-state index contributed by atoms with van der Waals surface area (Å²) < 4.78 is 5.02. The number of aliphatic carboxylic acids is 1. The van der Waals surface area contributed by atoms with Gasteiger partial charge in [-0.2, -0.15) is 0 Å². The maximum Gasteiger partial charge on any atom is 0.341 e. The van der Waals surface area contributed by atoms with Crippen molar-refractivity contribution >= 4 is 47.0 Å². The van der Waals surface area contributed by atoms with E-state index in [0.29, 0.717) is 11.3 Å². The van der Waals surface area contributed by atoms with Gasteiger partial charge >= 0.3 is 11.9 Å². The Morgan fingerprint density at radius 1 is 1.08 bits per heavy atom. The Kier molecular flexibility index (Phi) is 5.78. The van der Waals surface area contributed by atoms with Gasteiger partial charge in [-0.1, -0.05) is 23.2 Å². The molecule has 6 nitrogen and oxygen atoms in total. The molecule has 2 rings (SSSR count). The molecule has 0 heterocycles. The molecule has 0 aliphatic carbocycles. The highest BCUT2D eigenvalue weighted by Gasteiger charge is 2.08. The Balaban J connectivity index is 2.14. The monoisotopic (exact) mass is 367 g/mol. The van der Waals surface area contributed by atoms with Gasteiger partial charge in [-0.15, -0.1) is 0 Å². The first kappa shape index (κ1) is 17.8. The van der Waals surface area contributed by atoms with Crippen LogP contribution in [0, 0.1) is 0 Å². The van der Waals surface area contributed by atoms with E-state index in [9.17, 15) is 9.59 Å². The van der Waals surface area contributed by atoms with Crippen LogP contribution in [0.3, 0.4) is 0 Å². The first-order valence-electron chi connectivity index (χ1n) is 6.58. The number of halogens is 2. The highest BCUT2D eigenvalue weighted by atomic mass is 35.5. The van der Waals surface area contributed by atoms with Crippen molar-refractivity contribution in [3.8, 4) is 5.75 Å². The summed E-state index contributed by atoms with van der Waals surface area (Å²) >= 11 is 11.9. The fourth-order valence-corrected chi connectivity index (χ4v) is 2.26. The number of rotatable bonds is 6. The minimum absolute atomic E-state index is 0.00130. The average molecular weight is 368 g/mol. The molecule has 8 heteroatoms. The molecule has 0 fully saturated rings. The molecule has 2 aromatic carbocycles. The van der Waals surface area contributed by atoms with E-state index >= 15 is 0 Å². The third kappa shape index (κ3) is 4.71. The number of hydrogen-bond donors (Lipinski definition) is 2. The van der Waals surface area contributed by atoms with Crippen molar-refractivity contribution in [3.05, 3.63) is 57.6 Å². The van der Waals surface area contributed by atoms with Crippen LogP contribution in [0.25, 0.3) is 0 Å². The van der Waals surface area contributed by atoms with Gasteiger partial charge in [0.25, 0.3) is 0 Å². The molecule has 2 aromatic rings. The van der Waals surface area contributed by atoms with Gasteiger partial charge in [-0.3, -0.25) is 4.99 Å². The summed E-state index contributed by atoms with van der Waals surface area (Å²) in [5.41, 5.74) is 1.13.